The van der Waals surface area contributed by atoms with Crippen molar-refractivity contribution >= 4 is 5.91 Å². The second-order valence-electron chi connectivity index (χ2n) is 6.44. The molecule has 2 fully saturated rings. The number of nitrogens with zero attached hydrogens (tertiary/aromatic N) is 1. The SMILES string of the molecule is O=C(Cc1ccccc1O)N1CCC2(O)CCCCC2C1. The number of rotatable bonds is 2. The van der Waals surface area contributed by atoms with Crippen molar-refractivity contribution in [3.8, 4) is 5.75 Å². The zero-order valence-electron chi connectivity index (χ0n) is 12.3. The number of phenols is 1. The van der Waals surface area contributed by atoms with E-state index in [9.17, 15) is 15.0 Å². The Morgan fingerprint density at radius 1 is 1.29 bits per heavy atom. The lowest BCUT2D eigenvalue weighted by molar-refractivity contribution is -0.142. The Morgan fingerprint density at radius 3 is 2.90 bits per heavy atom. The quantitative estimate of drug-likeness (QED) is 0.876. The highest BCUT2D eigenvalue weighted by Gasteiger charge is 2.43. The Balaban J connectivity index is 1.65. The Bertz CT molecular complexity index is 531. The molecule has 0 radical (unpaired) electrons. The molecule has 2 N–H and O–H groups in total. The molecular formula is C17H23NO3. The van der Waals surface area contributed by atoms with Crippen LogP contribution in [-0.4, -0.2) is 39.7 Å². The van der Waals surface area contributed by atoms with Crippen LogP contribution in [0.3, 0.4) is 0 Å². The second-order valence-corrected chi connectivity index (χ2v) is 6.44. The fourth-order valence-corrected chi connectivity index (χ4v) is 3.73. The van der Waals surface area contributed by atoms with Gasteiger partial charge in [0, 0.05) is 24.6 Å². The van der Waals surface area contributed by atoms with E-state index in [1.54, 1.807) is 18.2 Å². The maximum Gasteiger partial charge on any atom is 0.227 e. The zero-order chi connectivity index (χ0) is 14.9. The van der Waals surface area contributed by atoms with E-state index < -0.39 is 5.60 Å². The molecule has 0 aromatic heterocycles. The van der Waals surface area contributed by atoms with Gasteiger partial charge in [-0.15, -0.1) is 0 Å². The number of fused-ring (bicyclic) bond motifs is 1. The van der Waals surface area contributed by atoms with Gasteiger partial charge in [-0.2, -0.15) is 0 Å². The average Bonchev–Trinajstić information content (AvgIpc) is 2.48. The summed E-state index contributed by atoms with van der Waals surface area (Å²) in [7, 11) is 0. The van der Waals surface area contributed by atoms with Gasteiger partial charge in [0.05, 0.1) is 12.0 Å². The number of para-hydroxylation sites is 1. The number of aromatic hydroxyl groups is 1. The highest BCUT2D eigenvalue weighted by molar-refractivity contribution is 5.79. The third-order valence-corrected chi connectivity index (χ3v) is 5.11. The first-order valence-corrected chi connectivity index (χ1v) is 7.85. The van der Waals surface area contributed by atoms with Gasteiger partial charge in [-0.05, 0) is 25.3 Å². The number of carbonyl (C=O) groups excluding carboxylic acids is 1. The molecule has 114 valence electrons. The topological polar surface area (TPSA) is 60.8 Å². The molecule has 1 heterocycles. The normalized spacial score (nSPS) is 29.0. The smallest absolute Gasteiger partial charge is 0.227 e. The first-order chi connectivity index (χ1) is 10.1. The molecule has 1 aliphatic heterocycles. The number of carbonyl (C=O) groups is 1. The summed E-state index contributed by atoms with van der Waals surface area (Å²) in [5.41, 5.74) is 0.121. The van der Waals surface area contributed by atoms with Gasteiger partial charge < -0.3 is 15.1 Å². The number of hydrogen-bond acceptors (Lipinski definition) is 3. The summed E-state index contributed by atoms with van der Waals surface area (Å²) in [6.45, 7) is 1.28. The fraction of sp³-hybridized carbons (Fsp3) is 0.588. The number of phenolic OH excluding ortho intramolecular Hbond substituents is 1. The van der Waals surface area contributed by atoms with Crippen molar-refractivity contribution in [1.82, 2.24) is 4.90 Å². The second kappa shape index (κ2) is 5.68. The molecule has 1 saturated carbocycles. The summed E-state index contributed by atoms with van der Waals surface area (Å²) in [5.74, 6) is 0.439. The van der Waals surface area contributed by atoms with Gasteiger partial charge in [0.25, 0.3) is 0 Å². The molecule has 1 aromatic rings. The highest BCUT2D eigenvalue weighted by Crippen LogP contribution is 2.39. The van der Waals surface area contributed by atoms with Gasteiger partial charge in [-0.25, -0.2) is 0 Å². The molecule has 3 rings (SSSR count). The monoisotopic (exact) mass is 289 g/mol. The van der Waals surface area contributed by atoms with Gasteiger partial charge >= 0.3 is 0 Å². The summed E-state index contributed by atoms with van der Waals surface area (Å²) in [5, 5.41) is 20.4. The molecule has 4 heteroatoms. The molecular weight excluding hydrogens is 266 g/mol. The molecule has 0 bridgehead atoms. The lowest BCUT2D eigenvalue weighted by Crippen LogP contribution is -2.54. The van der Waals surface area contributed by atoms with Crippen LogP contribution >= 0.6 is 0 Å². The van der Waals surface area contributed by atoms with Crippen LogP contribution in [0.1, 0.15) is 37.7 Å². The van der Waals surface area contributed by atoms with Gasteiger partial charge in [-0.3, -0.25) is 4.79 Å². The van der Waals surface area contributed by atoms with E-state index in [0.717, 1.165) is 25.7 Å². The standard InChI is InChI=1S/C17H23NO3/c19-15-7-2-1-5-13(15)11-16(20)18-10-9-17(21)8-4-3-6-14(17)12-18/h1-2,5,7,14,19,21H,3-4,6,8-12H2. The number of aliphatic hydroxyl groups is 1. The van der Waals surface area contributed by atoms with Gasteiger partial charge in [0.1, 0.15) is 5.75 Å². The predicted octanol–water partition coefficient (Wildman–Crippen LogP) is 2.09. The van der Waals surface area contributed by atoms with Crippen LogP contribution in [-0.2, 0) is 11.2 Å². The minimum absolute atomic E-state index is 0.0455. The van der Waals surface area contributed by atoms with Gasteiger partial charge in [0.2, 0.25) is 5.91 Å². The fourth-order valence-electron chi connectivity index (χ4n) is 3.73. The van der Waals surface area contributed by atoms with Crippen LogP contribution < -0.4 is 0 Å². The summed E-state index contributed by atoms with van der Waals surface area (Å²) in [6, 6.07) is 6.98. The predicted molar refractivity (Wildman–Crippen MR) is 79.9 cm³/mol. The lowest BCUT2D eigenvalue weighted by atomic mass is 9.71. The van der Waals surface area contributed by atoms with Crippen molar-refractivity contribution in [2.45, 2.75) is 44.1 Å². The molecule has 1 saturated heterocycles. The number of hydrogen-bond donors (Lipinski definition) is 2. The Labute approximate surface area is 125 Å². The van der Waals surface area contributed by atoms with Gasteiger partial charge in [-0.1, -0.05) is 31.0 Å². The van der Waals surface area contributed by atoms with Gasteiger partial charge in [0.15, 0.2) is 0 Å². The molecule has 4 nitrogen and oxygen atoms in total. The van der Waals surface area contributed by atoms with E-state index in [0.29, 0.717) is 25.1 Å². The van der Waals surface area contributed by atoms with Crippen LogP contribution in [0, 0.1) is 5.92 Å². The summed E-state index contributed by atoms with van der Waals surface area (Å²) >= 11 is 0. The van der Waals surface area contributed by atoms with Crippen molar-refractivity contribution in [3.63, 3.8) is 0 Å². The molecule has 2 atom stereocenters. The molecule has 2 unspecified atom stereocenters. The zero-order valence-corrected chi connectivity index (χ0v) is 12.3. The van der Waals surface area contributed by atoms with Crippen LogP contribution in [0.25, 0.3) is 0 Å². The molecule has 0 spiro atoms. The van der Waals surface area contributed by atoms with Crippen LogP contribution in [0.15, 0.2) is 24.3 Å². The summed E-state index contributed by atoms with van der Waals surface area (Å²) in [4.78, 5) is 14.3. The minimum Gasteiger partial charge on any atom is -0.508 e. The van der Waals surface area contributed by atoms with Crippen LogP contribution in [0.5, 0.6) is 5.75 Å². The molecule has 2 aliphatic rings. The van der Waals surface area contributed by atoms with E-state index in [1.165, 1.54) is 0 Å². The van der Waals surface area contributed by atoms with Crippen LogP contribution in [0.2, 0.25) is 0 Å². The number of piperidine rings is 1. The highest BCUT2D eigenvalue weighted by atomic mass is 16.3. The minimum atomic E-state index is -0.552. The van der Waals surface area contributed by atoms with Crippen LogP contribution in [0.4, 0.5) is 0 Å². The Morgan fingerprint density at radius 2 is 2.10 bits per heavy atom. The first-order valence-electron chi connectivity index (χ1n) is 7.85. The first kappa shape index (κ1) is 14.4. The Kier molecular flexibility index (Phi) is 3.89. The summed E-state index contributed by atoms with van der Waals surface area (Å²) < 4.78 is 0. The third-order valence-electron chi connectivity index (χ3n) is 5.11. The van der Waals surface area contributed by atoms with E-state index in [-0.39, 0.29) is 24.0 Å². The number of benzene rings is 1. The van der Waals surface area contributed by atoms with E-state index in [2.05, 4.69) is 0 Å². The number of likely N-dealkylation sites (tertiary alicyclic amines) is 1. The number of amides is 1. The third kappa shape index (κ3) is 2.91. The lowest BCUT2D eigenvalue weighted by Gasteiger charge is -2.47. The van der Waals surface area contributed by atoms with Crippen molar-refractivity contribution in [2.75, 3.05) is 13.1 Å². The largest absolute Gasteiger partial charge is 0.508 e. The molecule has 21 heavy (non-hydrogen) atoms. The van der Waals surface area contributed by atoms with Crippen molar-refractivity contribution in [3.05, 3.63) is 29.8 Å². The van der Waals surface area contributed by atoms with E-state index >= 15 is 0 Å². The maximum atomic E-state index is 12.4. The van der Waals surface area contributed by atoms with E-state index in [1.807, 2.05) is 11.0 Å². The summed E-state index contributed by atoms with van der Waals surface area (Å²) in [6.07, 6.45) is 5.05. The van der Waals surface area contributed by atoms with Crippen molar-refractivity contribution in [1.29, 1.82) is 0 Å². The van der Waals surface area contributed by atoms with E-state index in [4.69, 9.17) is 0 Å². The van der Waals surface area contributed by atoms with Crippen molar-refractivity contribution in [2.24, 2.45) is 5.92 Å². The Hall–Kier alpha value is -1.55. The van der Waals surface area contributed by atoms with Crippen molar-refractivity contribution < 1.29 is 15.0 Å². The average molecular weight is 289 g/mol. The molecule has 1 aliphatic carbocycles. The molecule has 1 amide bonds. The molecule has 1 aromatic carbocycles. The maximum absolute atomic E-state index is 12.4.